The van der Waals surface area contributed by atoms with E-state index in [1.165, 1.54) is 4.90 Å². The fraction of sp³-hybridized carbons (Fsp3) is 0.406. The molecule has 220 valence electrons. The number of amides is 3. The Morgan fingerprint density at radius 3 is 2.43 bits per heavy atom. The van der Waals surface area contributed by atoms with E-state index in [2.05, 4.69) is 26.6 Å². The summed E-state index contributed by atoms with van der Waals surface area (Å²) in [7, 11) is 0. The van der Waals surface area contributed by atoms with Gasteiger partial charge < -0.3 is 30.1 Å². The molecule has 3 aromatic rings. The standard InChI is InChI=1S/C32H34BrN3O6/c1-3-22(17-37)36-28(30(39)35-21-10-9-18-7-5-6-8-19(18)15-21)32-16-24(33)27(42-32)25(26(32)31(36)40)29(38)34-20-11-13-23(14-12-20)41-4-2/h5-15,22,24-28,37H,3-4,16-17H2,1-2H3,(H,34,38)(H,35,39)/t22-,24?,25+,26-,27+,28?,32?/m0/s1. The number of halogens is 1. The fourth-order valence-electron chi connectivity index (χ4n) is 6.98. The van der Waals surface area contributed by atoms with Gasteiger partial charge in [0.1, 0.15) is 17.4 Å². The van der Waals surface area contributed by atoms with Crippen molar-refractivity contribution in [3.8, 4) is 5.75 Å². The summed E-state index contributed by atoms with van der Waals surface area (Å²) in [5.41, 5.74) is -0.0582. The van der Waals surface area contributed by atoms with Crippen LogP contribution in [0.2, 0.25) is 0 Å². The van der Waals surface area contributed by atoms with Crippen molar-refractivity contribution in [3.63, 3.8) is 0 Å². The molecule has 7 atom stereocenters. The quantitative estimate of drug-likeness (QED) is 0.301. The van der Waals surface area contributed by atoms with E-state index in [-0.39, 0.29) is 23.2 Å². The van der Waals surface area contributed by atoms with E-state index in [0.717, 1.165) is 10.8 Å². The largest absolute Gasteiger partial charge is 0.494 e. The molecule has 2 bridgehead atoms. The predicted octanol–water partition coefficient (Wildman–Crippen LogP) is 4.33. The molecule has 3 saturated heterocycles. The second-order valence-electron chi connectivity index (χ2n) is 11.2. The predicted molar refractivity (Wildman–Crippen MR) is 163 cm³/mol. The van der Waals surface area contributed by atoms with Gasteiger partial charge in [0.15, 0.2) is 0 Å². The minimum atomic E-state index is -1.22. The SMILES string of the molecule is CCOc1ccc(NC(=O)[C@H]2[C@@H]3OC4(CC3Br)C(C(=O)Nc3ccc5ccccc5c3)N([C@@H](CC)CO)C(=O)[C@H]24)cc1. The van der Waals surface area contributed by atoms with E-state index >= 15 is 0 Å². The number of nitrogens with one attached hydrogen (secondary N) is 2. The molecular weight excluding hydrogens is 602 g/mol. The Morgan fingerprint density at radius 2 is 1.74 bits per heavy atom. The Balaban J connectivity index is 1.33. The van der Waals surface area contributed by atoms with Crippen LogP contribution in [0, 0.1) is 11.8 Å². The Hall–Kier alpha value is -3.47. The van der Waals surface area contributed by atoms with Crippen molar-refractivity contribution in [1.82, 2.24) is 4.90 Å². The van der Waals surface area contributed by atoms with Gasteiger partial charge in [0.2, 0.25) is 17.7 Å². The van der Waals surface area contributed by atoms with Crippen LogP contribution in [0.3, 0.4) is 0 Å². The van der Waals surface area contributed by atoms with Crippen LogP contribution in [0.25, 0.3) is 10.8 Å². The van der Waals surface area contributed by atoms with Crippen molar-refractivity contribution in [2.45, 2.75) is 55.3 Å². The number of anilines is 2. The summed E-state index contributed by atoms with van der Waals surface area (Å²) in [5, 5.41) is 18.2. The lowest BCUT2D eigenvalue weighted by molar-refractivity contribution is -0.143. The van der Waals surface area contributed by atoms with Crippen molar-refractivity contribution in [3.05, 3.63) is 66.7 Å². The summed E-state index contributed by atoms with van der Waals surface area (Å²) < 4.78 is 12.1. The Morgan fingerprint density at radius 1 is 1.05 bits per heavy atom. The first-order valence-electron chi connectivity index (χ1n) is 14.4. The maximum atomic E-state index is 14.2. The van der Waals surface area contributed by atoms with Crippen molar-refractivity contribution < 1.29 is 29.0 Å². The number of hydrogen-bond donors (Lipinski definition) is 3. The van der Waals surface area contributed by atoms with Crippen molar-refractivity contribution in [2.75, 3.05) is 23.8 Å². The second kappa shape index (κ2) is 11.3. The van der Waals surface area contributed by atoms with Gasteiger partial charge >= 0.3 is 0 Å². The fourth-order valence-corrected chi connectivity index (χ4v) is 7.92. The lowest BCUT2D eigenvalue weighted by Gasteiger charge is -2.36. The smallest absolute Gasteiger partial charge is 0.250 e. The number of carbonyl (C=O) groups excluding carboxylic acids is 3. The molecule has 0 aliphatic carbocycles. The number of benzene rings is 3. The van der Waals surface area contributed by atoms with Gasteiger partial charge in [-0.3, -0.25) is 14.4 Å². The molecule has 6 rings (SSSR count). The van der Waals surface area contributed by atoms with Crippen LogP contribution in [-0.2, 0) is 19.1 Å². The van der Waals surface area contributed by atoms with E-state index in [1.54, 1.807) is 24.3 Å². The second-order valence-corrected chi connectivity index (χ2v) is 12.3. The zero-order chi connectivity index (χ0) is 29.6. The molecule has 3 amide bonds. The first-order chi connectivity index (χ1) is 20.3. The first kappa shape index (κ1) is 28.6. The summed E-state index contributed by atoms with van der Waals surface area (Å²) in [6, 6.07) is 18.9. The number of aliphatic hydroxyl groups is 1. The number of ether oxygens (including phenoxy) is 2. The van der Waals surface area contributed by atoms with Gasteiger partial charge in [0.25, 0.3) is 0 Å². The highest BCUT2D eigenvalue weighted by Gasteiger charge is 2.77. The molecule has 0 saturated carbocycles. The topological polar surface area (TPSA) is 117 Å². The normalized spacial score (nSPS) is 28.5. The molecule has 9 nitrogen and oxygen atoms in total. The van der Waals surface area contributed by atoms with Crippen LogP contribution in [0.15, 0.2) is 66.7 Å². The molecule has 3 aliphatic heterocycles. The van der Waals surface area contributed by atoms with Gasteiger partial charge in [-0.2, -0.15) is 0 Å². The number of hydrogen-bond acceptors (Lipinski definition) is 6. The van der Waals surface area contributed by atoms with Gasteiger partial charge in [0.05, 0.1) is 37.2 Å². The summed E-state index contributed by atoms with van der Waals surface area (Å²) >= 11 is 3.70. The van der Waals surface area contributed by atoms with Crippen LogP contribution >= 0.6 is 15.9 Å². The van der Waals surface area contributed by atoms with Crippen LogP contribution in [0.1, 0.15) is 26.7 Å². The van der Waals surface area contributed by atoms with Crippen LogP contribution in [0.5, 0.6) is 5.75 Å². The molecule has 0 radical (unpaired) electrons. The molecule has 3 unspecified atom stereocenters. The lowest BCUT2D eigenvalue weighted by Crippen LogP contribution is -2.56. The highest BCUT2D eigenvalue weighted by molar-refractivity contribution is 9.09. The van der Waals surface area contributed by atoms with Crippen molar-refractivity contribution in [1.29, 1.82) is 0 Å². The summed E-state index contributed by atoms with van der Waals surface area (Å²) in [4.78, 5) is 43.4. The van der Waals surface area contributed by atoms with E-state index in [1.807, 2.05) is 56.3 Å². The minimum Gasteiger partial charge on any atom is -0.494 e. The third kappa shape index (κ3) is 4.66. The molecule has 1 spiro atoms. The van der Waals surface area contributed by atoms with Gasteiger partial charge in [-0.25, -0.2) is 0 Å². The Kier molecular flexibility index (Phi) is 7.72. The molecule has 10 heteroatoms. The third-order valence-corrected chi connectivity index (χ3v) is 9.65. The van der Waals surface area contributed by atoms with Crippen LogP contribution < -0.4 is 15.4 Å². The summed E-state index contributed by atoms with van der Waals surface area (Å²) in [6.45, 7) is 3.98. The monoisotopic (exact) mass is 635 g/mol. The number of alkyl halides is 1. The average Bonchev–Trinajstić information content (AvgIpc) is 3.58. The summed E-state index contributed by atoms with van der Waals surface area (Å²) in [6.07, 6.45) is 0.235. The van der Waals surface area contributed by atoms with Crippen LogP contribution in [0.4, 0.5) is 11.4 Å². The third-order valence-electron chi connectivity index (χ3n) is 8.80. The number of fused-ring (bicyclic) bond motifs is 2. The highest BCUT2D eigenvalue weighted by Crippen LogP contribution is 2.60. The molecule has 3 aliphatic rings. The van der Waals surface area contributed by atoms with Gasteiger partial charge in [-0.15, -0.1) is 0 Å². The highest BCUT2D eigenvalue weighted by atomic mass is 79.9. The zero-order valence-corrected chi connectivity index (χ0v) is 25.0. The molecular formula is C32H34BrN3O6. The van der Waals surface area contributed by atoms with E-state index in [9.17, 15) is 19.5 Å². The number of aliphatic hydroxyl groups excluding tert-OH is 1. The number of nitrogens with zero attached hydrogens (tertiary/aromatic N) is 1. The summed E-state index contributed by atoms with van der Waals surface area (Å²) in [5.74, 6) is -2.09. The number of likely N-dealkylation sites (tertiary alicyclic amines) is 1. The van der Waals surface area contributed by atoms with E-state index < -0.39 is 41.5 Å². The molecule has 0 aromatic heterocycles. The molecule has 3 aromatic carbocycles. The zero-order valence-electron chi connectivity index (χ0n) is 23.5. The van der Waals surface area contributed by atoms with E-state index in [4.69, 9.17) is 9.47 Å². The maximum absolute atomic E-state index is 14.2. The van der Waals surface area contributed by atoms with E-state index in [0.29, 0.717) is 36.6 Å². The minimum absolute atomic E-state index is 0.234. The Bertz CT molecular complexity index is 1510. The van der Waals surface area contributed by atoms with Crippen molar-refractivity contribution >= 4 is 55.8 Å². The molecule has 3 fully saturated rings. The van der Waals surface area contributed by atoms with Gasteiger partial charge in [0, 0.05) is 16.2 Å². The van der Waals surface area contributed by atoms with Crippen LogP contribution in [-0.4, -0.2) is 69.6 Å². The number of carbonyl (C=O) groups is 3. The van der Waals surface area contributed by atoms with Gasteiger partial charge in [-0.1, -0.05) is 53.2 Å². The first-order valence-corrected chi connectivity index (χ1v) is 15.3. The van der Waals surface area contributed by atoms with Gasteiger partial charge in [-0.05, 0) is 66.9 Å². The average molecular weight is 637 g/mol. The van der Waals surface area contributed by atoms with Crippen molar-refractivity contribution in [2.24, 2.45) is 11.8 Å². The Labute approximate surface area is 252 Å². The lowest BCUT2D eigenvalue weighted by atomic mass is 9.70. The number of rotatable bonds is 9. The maximum Gasteiger partial charge on any atom is 0.250 e. The molecule has 3 heterocycles. The molecule has 3 N–H and O–H groups in total. The molecule has 42 heavy (non-hydrogen) atoms.